The van der Waals surface area contributed by atoms with Crippen LogP contribution in [0.4, 0.5) is 0 Å². The van der Waals surface area contributed by atoms with Crippen LogP contribution in [0.25, 0.3) is 11.2 Å². The van der Waals surface area contributed by atoms with Gasteiger partial charge in [0.25, 0.3) is 5.56 Å². The van der Waals surface area contributed by atoms with Gasteiger partial charge in [0.05, 0.1) is 25.2 Å². The molecule has 2 aromatic heterocycles. The number of aliphatic hydroxyl groups excluding tert-OH is 2. The number of carboxylic acids is 1. The Labute approximate surface area is 149 Å². The fourth-order valence-electron chi connectivity index (χ4n) is 2.45. The van der Waals surface area contributed by atoms with E-state index in [1.807, 2.05) is 0 Å². The number of rotatable bonds is 3. The molecule has 4 N–H and O–H groups in total. The zero-order chi connectivity index (χ0) is 16.1. The quantitative estimate of drug-likeness (QED) is 0.398. The summed E-state index contributed by atoms with van der Waals surface area (Å²) in [4.78, 5) is 32.8. The van der Waals surface area contributed by atoms with Crippen molar-refractivity contribution >= 4 is 17.1 Å². The van der Waals surface area contributed by atoms with Crippen molar-refractivity contribution in [1.82, 2.24) is 19.5 Å². The van der Waals surface area contributed by atoms with Gasteiger partial charge in [0.15, 0.2) is 23.0 Å². The summed E-state index contributed by atoms with van der Waals surface area (Å²) in [5, 5.41) is 40.6. The Balaban J connectivity index is 0.00000192. The number of aromatic amines is 1. The van der Waals surface area contributed by atoms with E-state index in [2.05, 4.69) is 15.0 Å². The van der Waals surface area contributed by atoms with Gasteiger partial charge in [0.2, 0.25) is 0 Å². The third-order valence-electron chi connectivity index (χ3n) is 3.61. The van der Waals surface area contributed by atoms with E-state index >= 15 is 0 Å². The molecule has 4 atom stereocenters. The molecule has 3 rings (SSSR count). The van der Waals surface area contributed by atoms with Crippen molar-refractivity contribution in [2.75, 3.05) is 6.61 Å². The third kappa shape index (κ3) is 2.50. The summed E-state index contributed by atoms with van der Waals surface area (Å²) in [6, 6.07) is 0. The summed E-state index contributed by atoms with van der Waals surface area (Å²) in [5.41, 5.74) is -3.57. The van der Waals surface area contributed by atoms with Gasteiger partial charge in [-0.15, -0.1) is 0 Å². The molecule has 2 aromatic rings. The first-order valence-corrected chi connectivity index (χ1v) is 6.19. The van der Waals surface area contributed by atoms with Crippen molar-refractivity contribution in [2.45, 2.75) is 24.0 Å². The molecule has 11 nitrogen and oxygen atoms in total. The van der Waals surface area contributed by atoms with Crippen LogP contribution < -0.4 is 40.2 Å². The molecule has 1 saturated heterocycles. The van der Waals surface area contributed by atoms with Gasteiger partial charge >= 0.3 is 29.6 Å². The van der Waals surface area contributed by atoms with E-state index in [1.54, 1.807) is 0 Å². The fourth-order valence-corrected chi connectivity index (χ4v) is 2.45. The second-order valence-corrected chi connectivity index (χ2v) is 4.82. The SMILES string of the molecule is O=C([O-])[C@@]1(O)[C@H](O)[C@@H](CO)O[C@H]1n1cnc2c(=O)[nH]cnc21.[Na+]. The van der Waals surface area contributed by atoms with Gasteiger partial charge in [0, 0.05) is 0 Å². The maximum atomic E-state index is 11.6. The number of aromatic nitrogens is 4. The van der Waals surface area contributed by atoms with Crippen LogP contribution in [0.5, 0.6) is 0 Å². The Morgan fingerprint density at radius 1 is 1.52 bits per heavy atom. The maximum absolute atomic E-state index is 11.6. The molecule has 118 valence electrons. The number of fused-ring (bicyclic) bond motifs is 1. The number of aliphatic hydroxyl groups is 3. The second-order valence-electron chi connectivity index (χ2n) is 4.82. The molecule has 0 aromatic carbocycles. The maximum Gasteiger partial charge on any atom is 1.00 e. The van der Waals surface area contributed by atoms with Crippen molar-refractivity contribution in [3.8, 4) is 0 Å². The number of carbonyl (C=O) groups is 1. The van der Waals surface area contributed by atoms with Gasteiger partial charge in [-0.1, -0.05) is 0 Å². The molecule has 0 spiro atoms. The smallest absolute Gasteiger partial charge is 0.547 e. The van der Waals surface area contributed by atoms with E-state index in [4.69, 9.17) is 9.84 Å². The predicted molar refractivity (Wildman–Crippen MR) is 65.1 cm³/mol. The number of imidazole rings is 1. The molecule has 3 heterocycles. The van der Waals surface area contributed by atoms with Gasteiger partial charge in [-0.2, -0.15) is 0 Å². The Hall–Kier alpha value is -1.34. The van der Waals surface area contributed by atoms with E-state index in [0.717, 1.165) is 17.2 Å². The van der Waals surface area contributed by atoms with Crippen molar-refractivity contribution in [1.29, 1.82) is 0 Å². The summed E-state index contributed by atoms with van der Waals surface area (Å²) in [6.07, 6.45) is -2.86. The van der Waals surface area contributed by atoms with Crippen LogP contribution in [0, 0.1) is 0 Å². The van der Waals surface area contributed by atoms with Crippen molar-refractivity contribution < 1.29 is 59.5 Å². The van der Waals surface area contributed by atoms with E-state index in [1.165, 1.54) is 0 Å². The zero-order valence-electron chi connectivity index (χ0n) is 11.9. The Kier molecular flexibility index (Phi) is 4.92. The van der Waals surface area contributed by atoms with Gasteiger partial charge in [-0.25, -0.2) is 9.97 Å². The number of nitrogens with one attached hydrogen (secondary N) is 1. The van der Waals surface area contributed by atoms with Gasteiger partial charge in [-0.05, 0) is 0 Å². The summed E-state index contributed by atoms with van der Waals surface area (Å²) >= 11 is 0. The number of H-pyrrole nitrogens is 1. The molecule has 23 heavy (non-hydrogen) atoms. The normalized spacial score (nSPS) is 30.3. The summed E-state index contributed by atoms with van der Waals surface area (Å²) < 4.78 is 6.18. The molecular weight excluding hydrogens is 323 g/mol. The zero-order valence-corrected chi connectivity index (χ0v) is 13.9. The molecule has 0 radical (unpaired) electrons. The van der Waals surface area contributed by atoms with Crippen molar-refractivity contribution in [3.05, 3.63) is 23.0 Å². The Bertz CT molecular complexity index is 792. The monoisotopic (exact) mass is 334 g/mol. The van der Waals surface area contributed by atoms with Crippen LogP contribution in [-0.4, -0.2) is 65.2 Å². The van der Waals surface area contributed by atoms with E-state index in [0.29, 0.717) is 0 Å². The first-order chi connectivity index (χ1) is 10.4. The van der Waals surface area contributed by atoms with E-state index in [-0.39, 0.29) is 40.7 Å². The molecular formula is C11H11N4NaO7. The summed E-state index contributed by atoms with van der Waals surface area (Å²) in [6.45, 7) is -0.728. The minimum absolute atomic E-state index is 0. The molecule has 1 aliphatic heterocycles. The number of aliphatic carboxylic acids is 1. The topological polar surface area (TPSA) is 174 Å². The van der Waals surface area contributed by atoms with Crippen LogP contribution in [-0.2, 0) is 9.53 Å². The van der Waals surface area contributed by atoms with Crippen molar-refractivity contribution in [3.63, 3.8) is 0 Å². The van der Waals surface area contributed by atoms with Crippen molar-refractivity contribution in [2.24, 2.45) is 0 Å². The molecule has 0 unspecified atom stereocenters. The Morgan fingerprint density at radius 2 is 2.22 bits per heavy atom. The molecule has 0 bridgehead atoms. The fraction of sp³-hybridized carbons (Fsp3) is 0.455. The van der Waals surface area contributed by atoms with Gasteiger partial charge in [-0.3, -0.25) is 9.36 Å². The standard InChI is InChI=1S/C11H12N4O7.Na/c16-1-4-6(17)11(21,10(19)20)9(22-4)15-3-14-5-7(15)12-2-13-8(5)18;/h2-4,6,9,16-17,21H,1H2,(H,19,20)(H,12,13,18);/q;+1/p-1/t4-,6-,9-,11-;/m1./s1. The van der Waals surface area contributed by atoms with E-state index < -0.39 is 42.2 Å². The number of ether oxygens (including phenoxy) is 1. The molecule has 1 aliphatic rings. The third-order valence-corrected chi connectivity index (χ3v) is 3.61. The first kappa shape index (κ1) is 18.0. The van der Waals surface area contributed by atoms with E-state index in [9.17, 15) is 24.9 Å². The Morgan fingerprint density at radius 3 is 2.83 bits per heavy atom. The number of nitrogens with zero attached hydrogens (tertiary/aromatic N) is 3. The molecule has 0 amide bonds. The summed E-state index contributed by atoms with van der Waals surface area (Å²) in [5.74, 6) is -1.99. The average Bonchev–Trinajstić information content (AvgIpc) is 3.01. The van der Waals surface area contributed by atoms with Gasteiger partial charge < -0.3 is 34.9 Å². The number of carboxylic acid groups (broad SMARTS) is 1. The van der Waals surface area contributed by atoms with Crippen LogP contribution >= 0.6 is 0 Å². The summed E-state index contributed by atoms with van der Waals surface area (Å²) in [7, 11) is 0. The minimum atomic E-state index is -2.84. The number of carbonyl (C=O) groups excluding carboxylic acids is 1. The average molecular weight is 334 g/mol. The molecule has 0 saturated carbocycles. The molecule has 1 fully saturated rings. The predicted octanol–water partition coefficient (Wildman–Crippen LogP) is -7.14. The van der Waals surface area contributed by atoms with Crippen LogP contribution in [0.15, 0.2) is 17.4 Å². The van der Waals surface area contributed by atoms with Crippen LogP contribution in [0.1, 0.15) is 6.23 Å². The van der Waals surface area contributed by atoms with Crippen LogP contribution in [0.3, 0.4) is 0 Å². The van der Waals surface area contributed by atoms with Gasteiger partial charge in [0.1, 0.15) is 12.2 Å². The number of hydrogen-bond acceptors (Lipinski definition) is 9. The number of hydrogen-bond donors (Lipinski definition) is 4. The molecule has 12 heteroatoms. The minimum Gasteiger partial charge on any atom is -0.547 e. The first-order valence-electron chi connectivity index (χ1n) is 6.19. The van der Waals surface area contributed by atoms with Crippen LogP contribution in [0.2, 0.25) is 0 Å². The molecule has 0 aliphatic carbocycles. The second kappa shape index (κ2) is 6.28. The largest absolute Gasteiger partial charge is 1.00 e.